The second-order valence-electron chi connectivity index (χ2n) is 7.11. The van der Waals surface area contributed by atoms with Crippen LogP contribution in [0.2, 0.25) is 0 Å². The number of para-hydroxylation sites is 2. The van der Waals surface area contributed by atoms with Crippen LogP contribution >= 0.6 is 11.8 Å². The van der Waals surface area contributed by atoms with Gasteiger partial charge in [-0.2, -0.15) is 5.26 Å². The molecule has 1 atom stereocenters. The second-order valence-corrected chi connectivity index (χ2v) is 8.10. The molecule has 1 unspecified atom stereocenters. The lowest BCUT2D eigenvalue weighted by molar-refractivity contribution is 0.126. The molecule has 31 heavy (non-hydrogen) atoms. The minimum atomic E-state index is -0.636. The summed E-state index contributed by atoms with van der Waals surface area (Å²) < 4.78 is 7.81. The zero-order valence-corrected chi connectivity index (χ0v) is 17.8. The number of aromatic nitrogens is 2. The zero-order valence-electron chi connectivity index (χ0n) is 17.0. The van der Waals surface area contributed by atoms with Crippen molar-refractivity contribution in [3.05, 3.63) is 78.9 Å². The molecule has 0 aliphatic carbocycles. The maximum absolute atomic E-state index is 10.4. The van der Waals surface area contributed by atoms with Gasteiger partial charge in [0.05, 0.1) is 29.6 Å². The number of nitriles is 1. The van der Waals surface area contributed by atoms with E-state index in [0.29, 0.717) is 18.7 Å². The van der Waals surface area contributed by atoms with Gasteiger partial charge < -0.3 is 14.4 Å². The highest BCUT2D eigenvalue weighted by atomic mass is 32.2. The van der Waals surface area contributed by atoms with Crippen LogP contribution in [0.3, 0.4) is 0 Å². The third-order valence-electron chi connectivity index (χ3n) is 4.88. The van der Waals surface area contributed by atoms with Gasteiger partial charge in [-0.3, -0.25) is 0 Å². The molecule has 0 amide bonds. The van der Waals surface area contributed by atoms with E-state index in [1.165, 1.54) is 11.8 Å². The molecule has 1 aromatic heterocycles. The van der Waals surface area contributed by atoms with E-state index in [1.807, 2.05) is 71.3 Å². The van der Waals surface area contributed by atoms with Gasteiger partial charge in [0.2, 0.25) is 0 Å². The molecular formula is C25H23N3O2S. The lowest BCUT2D eigenvalue weighted by Gasteiger charge is -2.13. The maximum Gasteiger partial charge on any atom is 0.169 e. The van der Waals surface area contributed by atoms with Crippen LogP contribution in [0.5, 0.6) is 5.75 Å². The number of hydrogen-bond acceptors (Lipinski definition) is 5. The summed E-state index contributed by atoms with van der Waals surface area (Å²) in [5, 5.41) is 20.2. The molecule has 0 fully saturated rings. The van der Waals surface area contributed by atoms with Crippen molar-refractivity contribution < 1.29 is 9.84 Å². The van der Waals surface area contributed by atoms with E-state index in [1.54, 1.807) is 0 Å². The van der Waals surface area contributed by atoms with Crippen molar-refractivity contribution in [2.24, 2.45) is 0 Å². The Morgan fingerprint density at radius 3 is 2.45 bits per heavy atom. The lowest BCUT2D eigenvalue weighted by Crippen LogP contribution is -2.20. The first kappa shape index (κ1) is 21.0. The molecule has 0 radical (unpaired) electrons. The lowest BCUT2D eigenvalue weighted by atomic mass is 10.1. The summed E-state index contributed by atoms with van der Waals surface area (Å²) in [6, 6.07) is 28.1. The Kier molecular flexibility index (Phi) is 6.88. The quantitative estimate of drug-likeness (QED) is 0.373. The number of aliphatic hydroxyl groups excluding tert-OH is 1. The average molecular weight is 430 g/mol. The number of hydrogen-bond donors (Lipinski definition) is 1. The first-order chi connectivity index (χ1) is 15.2. The monoisotopic (exact) mass is 429 g/mol. The SMILES string of the molecule is N#CCCn1c(SCC(O)COc2ccc(-c3ccccc3)cc2)nc2ccccc21. The highest BCUT2D eigenvalue weighted by molar-refractivity contribution is 7.99. The van der Waals surface area contributed by atoms with Crippen LogP contribution in [0.25, 0.3) is 22.2 Å². The molecule has 156 valence electrons. The van der Waals surface area contributed by atoms with Crippen LogP contribution in [0.1, 0.15) is 6.42 Å². The number of aryl methyl sites for hydroxylation is 1. The van der Waals surface area contributed by atoms with Crippen LogP contribution in [0, 0.1) is 11.3 Å². The minimum absolute atomic E-state index is 0.204. The number of benzene rings is 3. The average Bonchev–Trinajstić information content (AvgIpc) is 3.18. The Hall–Kier alpha value is -3.27. The topological polar surface area (TPSA) is 71.1 Å². The summed E-state index contributed by atoms with van der Waals surface area (Å²) >= 11 is 1.48. The van der Waals surface area contributed by atoms with E-state index in [4.69, 9.17) is 10.00 Å². The van der Waals surface area contributed by atoms with Crippen molar-refractivity contribution in [3.8, 4) is 22.9 Å². The summed E-state index contributed by atoms with van der Waals surface area (Å²) in [4.78, 5) is 4.66. The van der Waals surface area contributed by atoms with Crippen LogP contribution in [0.15, 0.2) is 84.0 Å². The van der Waals surface area contributed by atoms with Gasteiger partial charge in [0.1, 0.15) is 12.4 Å². The first-order valence-corrected chi connectivity index (χ1v) is 11.1. The number of nitrogens with zero attached hydrogens (tertiary/aromatic N) is 3. The van der Waals surface area contributed by atoms with Crippen molar-refractivity contribution in [3.63, 3.8) is 0 Å². The molecule has 3 aromatic carbocycles. The number of ether oxygens (including phenoxy) is 1. The zero-order chi connectivity index (χ0) is 21.5. The highest BCUT2D eigenvalue weighted by Gasteiger charge is 2.14. The molecule has 0 saturated carbocycles. The van der Waals surface area contributed by atoms with E-state index in [2.05, 4.69) is 23.2 Å². The summed E-state index contributed by atoms with van der Waals surface area (Å²) in [6.07, 6.45) is -0.221. The maximum atomic E-state index is 10.4. The second kappa shape index (κ2) is 10.2. The van der Waals surface area contributed by atoms with Gasteiger partial charge in [0, 0.05) is 12.3 Å². The first-order valence-electron chi connectivity index (χ1n) is 10.2. The molecule has 1 N–H and O–H groups in total. The molecule has 4 rings (SSSR count). The van der Waals surface area contributed by atoms with Gasteiger partial charge in [0.25, 0.3) is 0 Å². The van der Waals surface area contributed by atoms with Crippen LogP contribution in [-0.4, -0.2) is 33.1 Å². The number of fused-ring (bicyclic) bond motifs is 1. The fourth-order valence-electron chi connectivity index (χ4n) is 3.33. The molecule has 0 bridgehead atoms. The molecule has 0 aliphatic heterocycles. The molecule has 6 heteroatoms. The van der Waals surface area contributed by atoms with E-state index in [0.717, 1.165) is 33.1 Å². The fourth-order valence-corrected chi connectivity index (χ4v) is 4.27. The molecule has 0 aliphatic rings. The van der Waals surface area contributed by atoms with Gasteiger partial charge in [-0.05, 0) is 35.4 Å². The van der Waals surface area contributed by atoms with E-state index in [-0.39, 0.29) is 6.61 Å². The van der Waals surface area contributed by atoms with Crippen molar-refractivity contribution in [2.45, 2.75) is 24.2 Å². The summed E-state index contributed by atoms with van der Waals surface area (Å²) in [6.45, 7) is 0.788. The van der Waals surface area contributed by atoms with Gasteiger partial charge in [-0.25, -0.2) is 4.98 Å². The van der Waals surface area contributed by atoms with E-state index in [9.17, 15) is 5.11 Å². The Morgan fingerprint density at radius 2 is 1.68 bits per heavy atom. The van der Waals surface area contributed by atoms with Crippen LogP contribution in [0.4, 0.5) is 0 Å². The number of rotatable bonds is 9. The third kappa shape index (κ3) is 5.26. The molecular weight excluding hydrogens is 406 g/mol. The standard InChI is InChI=1S/C25H23N3O2S/c26-15-6-16-28-24-10-5-4-9-23(24)27-25(28)31-18-21(29)17-30-22-13-11-20(12-14-22)19-7-2-1-3-8-19/h1-5,7-14,21,29H,6,16-18H2. The third-order valence-corrected chi connectivity index (χ3v) is 6.00. The van der Waals surface area contributed by atoms with Crippen LogP contribution in [-0.2, 0) is 6.54 Å². The van der Waals surface area contributed by atoms with Crippen molar-refractivity contribution >= 4 is 22.8 Å². The Labute approximate surface area is 185 Å². The fraction of sp³-hybridized carbons (Fsp3) is 0.200. The Balaban J connectivity index is 1.33. The molecule has 0 saturated heterocycles. The van der Waals surface area contributed by atoms with Crippen LogP contribution < -0.4 is 4.74 Å². The normalized spacial score (nSPS) is 11.9. The smallest absolute Gasteiger partial charge is 0.169 e. The highest BCUT2D eigenvalue weighted by Crippen LogP contribution is 2.26. The Bertz CT molecular complexity index is 1170. The van der Waals surface area contributed by atoms with Crippen molar-refractivity contribution in [1.82, 2.24) is 9.55 Å². The number of thioether (sulfide) groups is 1. The van der Waals surface area contributed by atoms with Gasteiger partial charge in [-0.1, -0.05) is 66.4 Å². The summed E-state index contributed by atoms with van der Waals surface area (Å²) in [5.41, 5.74) is 4.18. The minimum Gasteiger partial charge on any atom is -0.491 e. The van der Waals surface area contributed by atoms with Crippen molar-refractivity contribution in [2.75, 3.05) is 12.4 Å². The van der Waals surface area contributed by atoms with Gasteiger partial charge in [-0.15, -0.1) is 0 Å². The Morgan fingerprint density at radius 1 is 0.968 bits per heavy atom. The molecule has 4 aromatic rings. The predicted molar refractivity (Wildman–Crippen MR) is 124 cm³/mol. The van der Waals surface area contributed by atoms with E-state index >= 15 is 0 Å². The van der Waals surface area contributed by atoms with Crippen molar-refractivity contribution in [1.29, 1.82) is 5.26 Å². The summed E-state index contributed by atoms with van der Waals surface area (Å²) in [5.74, 6) is 1.18. The number of aliphatic hydroxyl groups is 1. The number of imidazole rings is 1. The largest absolute Gasteiger partial charge is 0.491 e. The predicted octanol–water partition coefficient (Wildman–Crippen LogP) is 5.15. The molecule has 1 heterocycles. The molecule has 5 nitrogen and oxygen atoms in total. The molecule has 0 spiro atoms. The van der Waals surface area contributed by atoms with E-state index < -0.39 is 6.10 Å². The summed E-state index contributed by atoms with van der Waals surface area (Å²) in [7, 11) is 0. The van der Waals surface area contributed by atoms with Gasteiger partial charge >= 0.3 is 0 Å². The van der Waals surface area contributed by atoms with Gasteiger partial charge in [0.15, 0.2) is 5.16 Å².